The van der Waals surface area contributed by atoms with E-state index in [-0.39, 0.29) is 11.4 Å². The molecule has 0 aromatic heterocycles. The van der Waals surface area contributed by atoms with Crippen molar-refractivity contribution in [3.8, 4) is 0 Å². The molecule has 0 aromatic carbocycles. The number of hydrogen-bond donors (Lipinski definition) is 2. The molecular weight excluding hydrogens is 166 g/mol. The Morgan fingerprint density at radius 1 is 1.69 bits per heavy atom. The van der Waals surface area contributed by atoms with Gasteiger partial charge in [-0.25, -0.2) is 0 Å². The van der Waals surface area contributed by atoms with E-state index in [1.54, 1.807) is 7.11 Å². The van der Waals surface area contributed by atoms with Crippen molar-refractivity contribution in [3.05, 3.63) is 0 Å². The van der Waals surface area contributed by atoms with E-state index < -0.39 is 0 Å². The molecular formula is C9H19N3O. The minimum absolute atomic E-state index is 0.0479. The Bertz CT molecular complexity index is 195. The van der Waals surface area contributed by atoms with Crippen molar-refractivity contribution in [2.24, 2.45) is 5.73 Å². The first kappa shape index (κ1) is 10.5. The Balaban J connectivity index is 2.46. The summed E-state index contributed by atoms with van der Waals surface area (Å²) in [6.45, 7) is 4.58. The Labute approximate surface area is 79.6 Å². The molecule has 0 radical (unpaired) electrons. The van der Waals surface area contributed by atoms with Crippen molar-refractivity contribution in [1.82, 2.24) is 4.90 Å². The van der Waals surface area contributed by atoms with Crippen LogP contribution in [0.1, 0.15) is 19.8 Å². The number of piperidine rings is 1. The Morgan fingerprint density at radius 2 is 2.38 bits per heavy atom. The lowest BCUT2D eigenvalue weighted by Crippen LogP contribution is -2.49. The molecule has 1 rings (SSSR count). The second-order valence-electron chi connectivity index (χ2n) is 3.99. The van der Waals surface area contributed by atoms with Gasteiger partial charge in [0.15, 0.2) is 0 Å². The van der Waals surface area contributed by atoms with Crippen molar-refractivity contribution < 1.29 is 4.74 Å². The van der Waals surface area contributed by atoms with Gasteiger partial charge in [-0.15, -0.1) is 0 Å². The molecule has 1 saturated heterocycles. The Kier molecular flexibility index (Phi) is 3.27. The average molecular weight is 185 g/mol. The fraction of sp³-hybridized carbons (Fsp3) is 0.889. The topological polar surface area (TPSA) is 62.3 Å². The molecule has 0 spiro atoms. The van der Waals surface area contributed by atoms with Crippen LogP contribution in [0.4, 0.5) is 0 Å². The van der Waals surface area contributed by atoms with Crippen LogP contribution in [0.5, 0.6) is 0 Å². The SMILES string of the molecule is COC1(C)CCCN(CC(=N)N)C1. The predicted octanol–water partition coefficient (Wildman–Crippen LogP) is 0.423. The highest BCUT2D eigenvalue weighted by Gasteiger charge is 2.30. The van der Waals surface area contributed by atoms with Gasteiger partial charge in [-0.05, 0) is 26.3 Å². The number of rotatable bonds is 3. The Hall–Kier alpha value is -0.610. The van der Waals surface area contributed by atoms with E-state index in [1.807, 2.05) is 0 Å². The molecule has 13 heavy (non-hydrogen) atoms. The molecule has 0 saturated carbocycles. The zero-order chi connectivity index (χ0) is 9.90. The van der Waals surface area contributed by atoms with Gasteiger partial charge in [0.1, 0.15) is 5.84 Å². The third-order valence-corrected chi connectivity index (χ3v) is 2.62. The molecule has 4 nitrogen and oxygen atoms in total. The van der Waals surface area contributed by atoms with Crippen LogP contribution in [0.25, 0.3) is 0 Å². The van der Waals surface area contributed by atoms with Crippen LogP contribution < -0.4 is 5.73 Å². The molecule has 3 N–H and O–H groups in total. The molecule has 0 aromatic rings. The van der Waals surface area contributed by atoms with Crippen molar-refractivity contribution >= 4 is 5.84 Å². The first-order chi connectivity index (χ1) is 6.06. The molecule has 1 fully saturated rings. The van der Waals surface area contributed by atoms with Crippen molar-refractivity contribution in [2.45, 2.75) is 25.4 Å². The molecule has 1 atom stereocenters. The highest BCUT2D eigenvalue weighted by atomic mass is 16.5. The number of nitrogens with two attached hydrogens (primary N) is 1. The smallest absolute Gasteiger partial charge is 0.105 e. The standard InChI is InChI=1S/C9H19N3O/c1-9(13-2)4-3-5-12(7-9)6-8(10)11/h3-7H2,1-2H3,(H3,10,11). The maximum Gasteiger partial charge on any atom is 0.105 e. The summed E-state index contributed by atoms with van der Waals surface area (Å²) in [4.78, 5) is 2.18. The van der Waals surface area contributed by atoms with Crippen molar-refractivity contribution in [1.29, 1.82) is 5.41 Å². The van der Waals surface area contributed by atoms with Crippen LogP contribution >= 0.6 is 0 Å². The number of likely N-dealkylation sites (tertiary alicyclic amines) is 1. The lowest BCUT2D eigenvalue weighted by Gasteiger charge is -2.39. The maximum atomic E-state index is 7.21. The largest absolute Gasteiger partial charge is 0.387 e. The number of amidine groups is 1. The van der Waals surface area contributed by atoms with E-state index in [0.29, 0.717) is 6.54 Å². The minimum Gasteiger partial charge on any atom is -0.387 e. The van der Waals surface area contributed by atoms with Gasteiger partial charge in [0.05, 0.1) is 12.1 Å². The van der Waals surface area contributed by atoms with Crippen LogP contribution in [-0.4, -0.2) is 43.1 Å². The summed E-state index contributed by atoms with van der Waals surface area (Å²) < 4.78 is 5.44. The summed E-state index contributed by atoms with van der Waals surface area (Å²) in [6, 6.07) is 0. The zero-order valence-electron chi connectivity index (χ0n) is 8.47. The van der Waals surface area contributed by atoms with Gasteiger partial charge in [0.2, 0.25) is 0 Å². The van der Waals surface area contributed by atoms with E-state index in [4.69, 9.17) is 15.9 Å². The van der Waals surface area contributed by atoms with Gasteiger partial charge in [0.25, 0.3) is 0 Å². The normalized spacial score (nSPS) is 30.3. The van der Waals surface area contributed by atoms with Gasteiger partial charge in [-0.2, -0.15) is 0 Å². The van der Waals surface area contributed by atoms with Gasteiger partial charge < -0.3 is 10.5 Å². The molecule has 76 valence electrons. The highest BCUT2D eigenvalue weighted by molar-refractivity contribution is 5.78. The summed E-state index contributed by atoms with van der Waals surface area (Å²) in [6.07, 6.45) is 2.22. The van der Waals surface area contributed by atoms with Crippen molar-refractivity contribution in [2.75, 3.05) is 26.7 Å². The summed E-state index contributed by atoms with van der Waals surface area (Å²) in [5.74, 6) is 0.236. The third-order valence-electron chi connectivity index (χ3n) is 2.62. The van der Waals surface area contributed by atoms with E-state index in [2.05, 4.69) is 11.8 Å². The maximum absolute atomic E-state index is 7.21. The molecule has 0 bridgehead atoms. The summed E-state index contributed by atoms with van der Waals surface area (Å²) >= 11 is 0. The number of nitrogens with zero attached hydrogens (tertiary/aromatic N) is 1. The lowest BCUT2D eigenvalue weighted by molar-refractivity contribution is -0.0470. The minimum atomic E-state index is -0.0479. The van der Waals surface area contributed by atoms with Crippen LogP contribution in [0, 0.1) is 5.41 Å². The van der Waals surface area contributed by atoms with Crippen molar-refractivity contribution in [3.63, 3.8) is 0 Å². The first-order valence-corrected chi connectivity index (χ1v) is 4.66. The molecule has 1 heterocycles. The van der Waals surface area contributed by atoms with E-state index in [9.17, 15) is 0 Å². The van der Waals surface area contributed by atoms with Crippen LogP contribution in [0.3, 0.4) is 0 Å². The van der Waals surface area contributed by atoms with Gasteiger partial charge >= 0.3 is 0 Å². The van der Waals surface area contributed by atoms with Crippen LogP contribution in [0.2, 0.25) is 0 Å². The number of ether oxygens (including phenoxy) is 1. The first-order valence-electron chi connectivity index (χ1n) is 4.66. The number of nitrogens with one attached hydrogen (secondary N) is 1. The van der Waals surface area contributed by atoms with Gasteiger partial charge in [-0.1, -0.05) is 0 Å². The Morgan fingerprint density at radius 3 is 2.92 bits per heavy atom. The second-order valence-corrected chi connectivity index (χ2v) is 3.99. The molecule has 0 aliphatic carbocycles. The fourth-order valence-corrected chi connectivity index (χ4v) is 1.85. The molecule has 1 aliphatic heterocycles. The summed E-state index contributed by atoms with van der Waals surface area (Å²) in [5.41, 5.74) is 5.31. The molecule has 1 unspecified atom stereocenters. The molecule has 0 amide bonds. The van der Waals surface area contributed by atoms with E-state index in [0.717, 1.165) is 25.9 Å². The molecule has 1 aliphatic rings. The van der Waals surface area contributed by atoms with Gasteiger partial charge in [-0.3, -0.25) is 10.3 Å². The number of hydrogen-bond acceptors (Lipinski definition) is 3. The number of methoxy groups -OCH3 is 1. The van der Waals surface area contributed by atoms with Crippen LogP contribution in [0.15, 0.2) is 0 Å². The average Bonchev–Trinajstić information content (AvgIpc) is 2.03. The monoisotopic (exact) mass is 185 g/mol. The summed E-state index contributed by atoms with van der Waals surface area (Å²) in [7, 11) is 1.75. The lowest BCUT2D eigenvalue weighted by atomic mass is 9.95. The highest BCUT2D eigenvalue weighted by Crippen LogP contribution is 2.23. The summed E-state index contributed by atoms with van der Waals surface area (Å²) in [5, 5.41) is 7.21. The van der Waals surface area contributed by atoms with Crippen LogP contribution in [-0.2, 0) is 4.74 Å². The predicted molar refractivity (Wildman–Crippen MR) is 53.0 cm³/mol. The quantitative estimate of drug-likeness (QED) is 0.495. The fourth-order valence-electron chi connectivity index (χ4n) is 1.85. The van der Waals surface area contributed by atoms with E-state index >= 15 is 0 Å². The second kappa shape index (κ2) is 4.07. The third kappa shape index (κ3) is 2.97. The zero-order valence-corrected chi connectivity index (χ0v) is 8.47. The molecule has 4 heteroatoms. The van der Waals surface area contributed by atoms with Gasteiger partial charge in [0, 0.05) is 13.7 Å². The van der Waals surface area contributed by atoms with E-state index in [1.165, 1.54) is 0 Å².